The predicted molar refractivity (Wildman–Crippen MR) is 103 cm³/mol. The van der Waals surface area contributed by atoms with Crippen LogP contribution in [0.4, 0.5) is 19.1 Å². The van der Waals surface area contributed by atoms with Crippen molar-refractivity contribution >= 4 is 24.5 Å². The van der Waals surface area contributed by atoms with Crippen LogP contribution in [0.1, 0.15) is 28.2 Å². The molecular weight excluding hydrogens is 407 g/mol. The van der Waals surface area contributed by atoms with Gasteiger partial charge >= 0.3 is 5.97 Å². The number of carbonyl (C=O) groups is 1. The first kappa shape index (κ1) is 21.4. The number of nitrogens with zero attached hydrogens (tertiary/aromatic N) is 3. The molecule has 6 nitrogen and oxygen atoms in total. The molecule has 2 aromatic rings. The number of hydrogen-bond acceptors (Lipinski definition) is 7. The number of benzene rings is 1. The van der Waals surface area contributed by atoms with Gasteiger partial charge in [0, 0.05) is 29.1 Å². The molecule has 2 heterocycles. The molecule has 1 fully saturated rings. The molecule has 0 radical (unpaired) electrons. The first-order valence-electron chi connectivity index (χ1n) is 8.88. The van der Waals surface area contributed by atoms with Crippen molar-refractivity contribution in [3.05, 3.63) is 52.6 Å². The Morgan fingerprint density at radius 2 is 1.93 bits per heavy atom. The summed E-state index contributed by atoms with van der Waals surface area (Å²) in [6.45, 7) is 2.22. The number of carbonyl (C=O) groups excluding carboxylic acids is 1. The molecule has 0 aliphatic carbocycles. The number of esters is 1. The summed E-state index contributed by atoms with van der Waals surface area (Å²) in [4.78, 5) is 22.3. The molecule has 1 aliphatic rings. The molecule has 1 saturated heterocycles. The highest BCUT2D eigenvalue weighted by Gasteiger charge is 2.33. The van der Waals surface area contributed by atoms with Crippen molar-refractivity contribution in [3.8, 4) is 0 Å². The van der Waals surface area contributed by atoms with E-state index < -0.39 is 23.4 Å². The van der Waals surface area contributed by atoms with Gasteiger partial charge < -0.3 is 14.4 Å². The molecule has 1 aromatic heterocycles. The van der Waals surface area contributed by atoms with E-state index in [1.54, 1.807) is 6.92 Å². The lowest BCUT2D eigenvalue weighted by molar-refractivity contribution is 0.0593. The molecule has 156 valence electrons. The van der Waals surface area contributed by atoms with Crippen molar-refractivity contribution in [2.24, 2.45) is 0 Å². The lowest BCUT2D eigenvalue weighted by Gasteiger charge is -2.25. The van der Waals surface area contributed by atoms with E-state index in [1.807, 2.05) is 4.90 Å². The molecule has 3 rings (SSSR count). The fourth-order valence-corrected chi connectivity index (χ4v) is 3.58. The Hall–Kier alpha value is -2.33. The monoisotopic (exact) mass is 427 g/mol. The first-order valence-corrected chi connectivity index (χ1v) is 9.40. The van der Waals surface area contributed by atoms with Crippen molar-refractivity contribution < 1.29 is 27.4 Å². The van der Waals surface area contributed by atoms with Crippen molar-refractivity contribution in [1.82, 2.24) is 9.97 Å². The number of ether oxygens (including phenoxy) is 2. The summed E-state index contributed by atoms with van der Waals surface area (Å²) in [5, 5.41) is 0.0225. The molecule has 1 aliphatic heterocycles. The van der Waals surface area contributed by atoms with Gasteiger partial charge in [-0.3, -0.25) is 0 Å². The van der Waals surface area contributed by atoms with E-state index in [-0.39, 0.29) is 35.8 Å². The number of aryl methyl sites for hydroxylation is 1. The molecule has 1 aromatic carbocycles. The van der Waals surface area contributed by atoms with Crippen LogP contribution in [0.15, 0.2) is 18.2 Å². The summed E-state index contributed by atoms with van der Waals surface area (Å²) in [6, 6.07) is 2.62. The minimum Gasteiger partial charge on any atom is -0.464 e. The molecule has 0 bridgehead atoms. The number of hydrogen-bond donors (Lipinski definition) is 1. The highest BCUT2D eigenvalue weighted by Crippen LogP contribution is 2.27. The van der Waals surface area contributed by atoms with Crippen LogP contribution in [-0.4, -0.2) is 47.5 Å². The first-order chi connectivity index (χ1) is 13.8. The van der Waals surface area contributed by atoms with Gasteiger partial charge in [-0.1, -0.05) is 0 Å². The zero-order valence-corrected chi connectivity index (χ0v) is 16.8. The molecule has 0 spiro atoms. The van der Waals surface area contributed by atoms with E-state index in [0.717, 1.165) is 6.07 Å². The summed E-state index contributed by atoms with van der Waals surface area (Å²) < 4.78 is 50.4. The maximum Gasteiger partial charge on any atom is 0.356 e. The van der Waals surface area contributed by atoms with Gasteiger partial charge in [0.1, 0.15) is 5.82 Å². The Kier molecular flexibility index (Phi) is 6.63. The second-order valence-corrected chi connectivity index (χ2v) is 7.49. The number of thiol groups is 1. The minimum atomic E-state index is -1.25. The van der Waals surface area contributed by atoms with Crippen LogP contribution in [0, 0.1) is 24.4 Å². The largest absolute Gasteiger partial charge is 0.464 e. The maximum absolute atomic E-state index is 13.8. The Balaban J connectivity index is 1.72. The zero-order chi connectivity index (χ0) is 21.1. The number of rotatable bonds is 6. The number of anilines is 1. The van der Waals surface area contributed by atoms with Crippen molar-refractivity contribution in [2.45, 2.75) is 31.2 Å². The molecular formula is C19H20F3N3O3S. The van der Waals surface area contributed by atoms with Gasteiger partial charge in [-0.05, 0) is 25.5 Å². The third-order valence-corrected chi connectivity index (χ3v) is 4.92. The molecule has 10 heteroatoms. The summed E-state index contributed by atoms with van der Waals surface area (Å²) in [7, 11) is 1.27. The van der Waals surface area contributed by atoms with E-state index in [0.29, 0.717) is 30.7 Å². The Morgan fingerprint density at radius 1 is 1.21 bits per heavy atom. The van der Waals surface area contributed by atoms with Crippen LogP contribution in [0.2, 0.25) is 0 Å². The molecule has 0 amide bonds. The van der Waals surface area contributed by atoms with Gasteiger partial charge in [0.25, 0.3) is 0 Å². The average molecular weight is 427 g/mol. The summed E-state index contributed by atoms with van der Waals surface area (Å²) >= 11 is 4.51. The van der Waals surface area contributed by atoms with Crippen molar-refractivity contribution in [3.63, 3.8) is 0 Å². The maximum atomic E-state index is 13.8. The minimum absolute atomic E-state index is 0.0225. The Bertz CT molecular complexity index is 916. The van der Waals surface area contributed by atoms with E-state index >= 15 is 0 Å². The second kappa shape index (κ2) is 9.00. The van der Waals surface area contributed by atoms with Crippen LogP contribution >= 0.6 is 12.6 Å². The van der Waals surface area contributed by atoms with Gasteiger partial charge in [0.05, 0.1) is 26.4 Å². The zero-order valence-electron chi connectivity index (χ0n) is 15.9. The normalized spacial score (nSPS) is 18.9. The Labute approximate surface area is 171 Å². The number of methoxy groups -OCH3 is 1. The van der Waals surface area contributed by atoms with E-state index in [9.17, 15) is 18.0 Å². The standard InChI is InChI=1S/C19H20F3N3O3S/c1-10-3-17(18(26)27-2)24-19(23-10)25-7-13(29)5-12(25)9-28-8-11-4-15(21)16(22)6-14(11)20/h3-4,6,12-13,29H,5,7-9H2,1-2H3/t12-,13+/m0/s1. The van der Waals surface area contributed by atoms with Gasteiger partial charge in [-0.15, -0.1) is 0 Å². The van der Waals surface area contributed by atoms with Crippen LogP contribution < -0.4 is 4.90 Å². The topological polar surface area (TPSA) is 64.5 Å². The number of aromatic nitrogens is 2. The van der Waals surface area contributed by atoms with Crippen LogP contribution in [-0.2, 0) is 16.1 Å². The fraction of sp³-hybridized carbons (Fsp3) is 0.421. The van der Waals surface area contributed by atoms with Gasteiger partial charge in [-0.25, -0.2) is 27.9 Å². The van der Waals surface area contributed by atoms with Gasteiger partial charge in [0.15, 0.2) is 17.3 Å². The lowest BCUT2D eigenvalue weighted by atomic mass is 10.2. The third-order valence-electron chi connectivity index (χ3n) is 4.54. The van der Waals surface area contributed by atoms with Crippen LogP contribution in [0.5, 0.6) is 0 Å². The lowest BCUT2D eigenvalue weighted by Crippen LogP contribution is -2.35. The van der Waals surface area contributed by atoms with Crippen molar-refractivity contribution in [2.75, 3.05) is 25.2 Å². The van der Waals surface area contributed by atoms with E-state index in [2.05, 4.69) is 22.6 Å². The molecule has 0 saturated carbocycles. The van der Waals surface area contributed by atoms with E-state index in [4.69, 9.17) is 9.47 Å². The summed E-state index contributed by atoms with van der Waals surface area (Å²) in [5.41, 5.74) is 0.665. The quantitative estimate of drug-likeness (QED) is 0.434. The predicted octanol–water partition coefficient (Wildman–Crippen LogP) is 3.08. The molecule has 0 N–H and O–H groups in total. The van der Waals surface area contributed by atoms with Gasteiger partial charge in [0.2, 0.25) is 5.95 Å². The van der Waals surface area contributed by atoms with Gasteiger partial charge in [-0.2, -0.15) is 12.6 Å². The molecule has 29 heavy (non-hydrogen) atoms. The second-order valence-electron chi connectivity index (χ2n) is 6.75. The molecule has 0 unspecified atom stereocenters. The fourth-order valence-electron chi connectivity index (χ4n) is 3.16. The number of halogens is 3. The van der Waals surface area contributed by atoms with Crippen LogP contribution in [0.3, 0.4) is 0 Å². The smallest absolute Gasteiger partial charge is 0.356 e. The third kappa shape index (κ3) is 4.99. The summed E-state index contributed by atoms with van der Waals surface area (Å²) in [5.74, 6) is -3.48. The van der Waals surface area contributed by atoms with Crippen LogP contribution in [0.25, 0.3) is 0 Å². The van der Waals surface area contributed by atoms with Crippen molar-refractivity contribution in [1.29, 1.82) is 0 Å². The highest BCUT2D eigenvalue weighted by atomic mass is 32.1. The Morgan fingerprint density at radius 3 is 2.66 bits per heavy atom. The SMILES string of the molecule is COC(=O)c1cc(C)nc(N2C[C@H](S)C[C@H]2COCc2cc(F)c(F)cc2F)n1. The molecule has 2 atom stereocenters. The summed E-state index contributed by atoms with van der Waals surface area (Å²) in [6.07, 6.45) is 0.647. The van der Waals surface area contributed by atoms with E-state index in [1.165, 1.54) is 13.2 Å². The average Bonchev–Trinajstić information content (AvgIpc) is 3.05. The highest BCUT2D eigenvalue weighted by molar-refractivity contribution is 7.81.